The third-order valence-electron chi connectivity index (χ3n) is 7.15. The normalized spacial score (nSPS) is 32.4. The van der Waals surface area contributed by atoms with Crippen molar-refractivity contribution in [3.8, 4) is 0 Å². The summed E-state index contributed by atoms with van der Waals surface area (Å²) in [5, 5.41) is 2.96. The first-order chi connectivity index (χ1) is 14.7. The summed E-state index contributed by atoms with van der Waals surface area (Å²) in [4.78, 5) is 36.5. The second-order valence-corrected chi connectivity index (χ2v) is 9.10. The van der Waals surface area contributed by atoms with Gasteiger partial charge in [0, 0.05) is 23.1 Å². The number of nitrogens with one attached hydrogen (secondary N) is 1. The van der Waals surface area contributed by atoms with Crippen LogP contribution >= 0.6 is 0 Å². The number of halogens is 1. The molecule has 1 amide bonds. The molecule has 1 aliphatic heterocycles. The summed E-state index contributed by atoms with van der Waals surface area (Å²) >= 11 is 0. The fraction of sp³-hybridized carbons (Fsp3) is 0.400. The van der Waals surface area contributed by atoms with Crippen molar-refractivity contribution in [2.75, 3.05) is 0 Å². The van der Waals surface area contributed by atoms with Gasteiger partial charge in [0.1, 0.15) is 11.9 Å². The number of ether oxygens (including phenoxy) is 1. The molecule has 2 aliphatic carbocycles. The molecule has 3 aliphatic rings. The predicted molar refractivity (Wildman–Crippen MR) is 114 cm³/mol. The van der Waals surface area contributed by atoms with E-state index in [1.807, 2.05) is 0 Å². The summed E-state index contributed by atoms with van der Waals surface area (Å²) < 4.78 is 18.5. The van der Waals surface area contributed by atoms with Gasteiger partial charge >= 0.3 is 5.97 Å². The summed E-state index contributed by atoms with van der Waals surface area (Å²) in [7, 11) is 0. The lowest BCUT2D eigenvalue weighted by Gasteiger charge is -2.51. The topological polar surface area (TPSA) is 72.5 Å². The molecule has 0 radical (unpaired) electrons. The van der Waals surface area contributed by atoms with Gasteiger partial charge in [0.25, 0.3) is 0 Å². The van der Waals surface area contributed by atoms with Crippen molar-refractivity contribution in [2.24, 2.45) is 17.3 Å². The number of esters is 1. The molecule has 4 rings (SSSR count). The Balaban J connectivity index is 1.40. The highest BCUT2D eigenvalue weighted by atomic mass is 19.1. The minimum atomic E-state index is -0.424. The van der Waals surface area contributed by atoms with E-state index in [0.29, 0.717) is 11.1 Å². The molecule has 6 heteroatoms. The molecule has 5 nitrogen and oxygen atoms in total. The third kappa shape index (κ3) is 3.99. The molecule has 0 spiro atoms. The molecular weight excluding hydrogens is 397 g/mol. The molecular formula is C25H26FNO4. The quantitative estimate of drug-likeness (QED) is 0.345. The van der Waals surface area contributed by atoms with Crippen LogP contribution in [-0.4, -0.2) is 29.8 Å². The molecule has 0 bridgehead atoms. The number of hydrogen-bond donors (Lipinski definition) is 1. The summed E-state index contributed by atoms with van der Waals surface area (Å²) in [5.74, 6) is -1.31. The minimum Gasteiger partial charge on any atom is -0.458 e. The Hall–Kier alpha value is -3.02. The number of carbonyl (C=O) groups is 3. The zero-order valence-electron chi connectivity index (χ0n) is 17.5. The number of carbonyl (C=O) groups excluding carboxylic acids is 3. The molecule has 0 unspecified atom stereocenters. The zero-order chi connectivity index (χ0) is 22.3. The summed E-state index contributed by atoms with van der Waals surface area (Å²) in [6.07, 6.45) is 5.43. The van der Waals surface area contributed by atoms with E-state index in [-0.39, 0.29) is 47.1 Å². The van der Waals surface area contributed by atoms with Gasteiger partial charge in [-0.25, -0.2) is 9.18 Å². The second kappa shape index (κ2) is 7.91. The van der Waals surface area contributed by atoms with Gasteiger partial charge in [-0.15, -0.1) is 0 Å². The largest absolute Gasteiger partial charge is 0.458 e. The molecule has 1 heterocycles. The summed E-state index contributed by atoms with van der Waals surface area (Å²) in [6.45, 7) is 10.4. The van der Waals surface area contributed by atoms with Gasteiger partial charge in [-0.2, -0.15) is 0 Å². The van der Waals surface area contributed by atoms with Crippen molar-refractivity contribution < 1.29 is 23.5 Å². The molecule has 1 N–H and O–H groups in total. The average Bonchev–Trinajstić information content (AvgIpc) is 3.00. The first kappa shape index (κ1) is 21.2. The lowest BCUT2D eigenvalue weighted by atomic mass is 9.55. The van der Waals surface area contributed by atoms with Crippen LogP contribution < -0.4 is 5.32 Å². The van der Waals surface area contributed by atoms with E-state index in [2.05, 4.69) is 25.4 Å². The number of amides is 1. The predicted octanol–water partition coefficient (Wildman–Crippen LogP) is 3.91. The molecule has 1 aromatic carbocycles. The molecule has 0 aromatic heterocycles. The number of rotatable bonds is 4. The lowest BCUT2D eigenvalue weighted by Crippen LogP contribution is -2.50. The van der Waals surface area contributed by atoms with Crippen LogP contribution in [0.1, 0.15) is 43.0 Å². The number of benzene rings is 1. The van der Waals surface area contributed by atoms with Crippen molar-refractivity contribution in [1.29, 1.82) is 0 Å². The molecule has 2 saturated carbocycles. The summed E-state index contributed by atoms with van der Waals surface area (Å²) in [6, 6.07) is 4.98. The third-order valence-corrected chi connectivity index (χ3v) is 7.15. The van der Waals surface area contributed by atoms with Crippen LogP contribution in [0.2, 0.25) is 0 Å². The Morgan fingerprint density at radius 1 is 1.23 bits per heavy atom. The maximum Gasteiger partial charge on any atom is 0.334 e. The van der Waals surface area contributed by atoms with E-state index < -0.39 is 5.82 Å². The monoisotopic (exact) mass is 423 g/mol. The van der Waals surface area contributed by atoms with Crippen molar-refractivity contribution in [1.82, 2.24) is 5.32 Å². The van der Waals surface area contributed by atoms with Crippen LogP contribution in [0.25, 0.3) is 0 Å². The van der Waals surface area contributed by atoms with Crippen LogP contribution in [0.5, 0.6) is 0 Å². The SMILES string of the molecule is C=C1C(=O)O[C@@H]2C[C@@]3(C)CC[C@@H](NC(=O)/C=C/C(=O)c4ccc(F)cc4)C(=C)[C@@H]3C[C@H]12. The first-order valence-electron chi connectivity index (χ1n) is 10.5. The molecule has 5 atom stereocenters. The lowest BCUT2D eigenvalue weighted by molar-refractivity contribution is -0.142. The Morgan fingerprint density at radius 2 is 1.94 bits per heavy atom. The van der Waals surface area contributed by atoms with Gasteiger partial charge in [0.05, 0.1) is 6.04 Å². The molecule has 162 valence electrons. The molecule has 3 fully saturated rings. The Morgan fingerprint density at radius 3 is 2.65 bits per heavy atom. The van der Waals surface area contributed by atoms with E-state index >= 15 is 0 Å². The molecule has 1 aromatic rings. The van der Waals surface area contributed by atoms with Gasteiger partial charge in [-0.05, 0) is 67.4 Å². The van der Waals surface area contributed by atoms with E-state index in [0.717, 1.165) is 31.3 Å². The van der Waals surface area contributed by atoms with E-state index in [1.165, 1.54) is 36.4 Å². The fourth-order valence-corrected chi connectivity index (χ4v) is 5.31. The highest BCUT2D eigenvalue weighted by molar-refractivity contribution is 6.07. The average molecular weight is 423 g/mol. The van der Waals surface area contributed by atoms with Crippen LogP contribution in [-0.2, 0) is 14.3 Å². The Kier molecular flexibility index (Phi) is 5.42. The summed E-state index contributed by atoms with van der Waals surface area (Å²) in [5.41, 5.74) is 1.77. The molecule has 1 saturated heterocycles. The Labute approximate surface area is 181 Å². The van der Waals surface area contributed by atoms with E-state index in [1.54, 1.807) is 0 Å². The highest BCUT2D eigenvalue weighted by Crippen LogP contribution is 2.56. The number of allylic oxidation sites excluding steroid dienone is 1. The second-order valence-electron chi connectivity index (χ2n) is 9.10. The van der Waals surface area contributed by atoms with Crippen LogP contribution in [0, 0.1) is 23.1 Å². The number of hydrogen-bond acceptors (Lipinski definition) is 4. The van der Waals surface area contributed by atoms with Crippen LogP contribution in [0.3, 0.4) is 0 Å². The highest BCUT2D eigenvalue weighted by Gasteiger charge is 2.54. The number of ketones is 1. The molecule has 31 heavy (non-hydrogen) atoms. The van der Waals surface area contributed by atoms with Gasteiger partial charge in [-0.3, -0.25) is 9.59 Å². The van der Waals surface area contributed by atoms with Gasteiger partial charge < -0.3 is 10.1 Å². The zero-order valence-corrected chi connectivity index (χ0v) is 17.5. The van der Waals surface area contributed by atoms with Crippen LogP contribution in [0.15, 0.2) is 60.7 Å². The Bertz CT molecular complexity index is 995. The fourth-order valence-electron chi connectivity index (χ4n) is 5.31. The maximum absolute atomic E-state index is 13.0. The van der Waals surface area contributed by atoms with E-state index in [9.17, 15) is 18.8 Å². The van der Waals surface area contributed by atoms with Crippen molar-refractivity contribution >= 4 is 17.7 Å². The van der Waals surface area contributed by atoms with E-state index in [4.69, 9.17) is 4.74 Å². The van der Waals surface area contributed by atoms with Crippen molar-refractivity contribution in [3.63, 3.8) is 0 Å². The smallest absolute Gasteiger partial charge is 0.334 e. The van der Waals surface area contributed by atoms with Gasteiger partial charge in [0.15, 0.2) is 5.78 Å². The maximum atomic E-state index is 13.0. The van der Waals surface area contributed by atoms with Gasteiger partial charge in [0.2, 0.25) is 5.91 Å². The van der Waals surface area contributed by atoms with Crippen LogP contribution in [0.4, 0.5) is 4.39 Å². The number of fused-ring (bicyclic) bond motifs is 2. The minimum absolute atomic E-state index is 0.00463. The van der Waals surface area contributed by atoms with Gasteiger partial charge in [-0.1, -0.05) is 25.7 Å². The first-order valence-corrected chi connectivity index (χ1v) is 10.5. The van der Waals surface area contributed by atoms with Crippen molar-refractivity contribution in [2.45, 2.75) is 44.8 Å². The van der Waals surface area contributed by atoms with Crippen molar-refractivity contribution in [3.05, 3.63) is 72.1 Å². The standard InChI is InChI=1S/C25H26FNO4/c1-14-18-12-19-15(2)20(10-11-25(19,3)13-22(18)31-24(14)30)27-23(29)9-8-21(28)16-4-6-17(26)7-5-16/h4-9,18-20,22H,1-2,10-13H2,3H3,(H,27,29)/b9-8+/t18-,19+,20-,22-,25-/m1/s1.